The fourth-order valence-electron chi connectivity index (χ4n) is 1.63. The molecule has 0 saturated heterocycles. The second kappa shape index (κ2) is 4.42. The number of nitrogens with zero attached hydrogens (tertiary/aromatic N) is 1. The van der Waals surface area contributed by atoms with Gasteiger partial charge in [0.2, 0.25) is 5.91 Å². The second-order valence-electron chi connectivity index (χ2n) is 5.06. The van der Waals surface area contributed by atoms with Gasteiger partial charge in [0, 0.05) is 0 Å². The van der Waals surface area contributed by atoms with Crippen LogP contribution in [0.3, 0.4) is 0 Å². The highest BCUT2D eigenvalue weighted by Crippen LogP contribution is 2.15. The molecule has 1 unspecified atom stereocenters. The van der Waals surface area contributed by atoms with E-state index >= 15 is 0 Å². The third-order valence-corrected chi connectivity index (χ3v) is 2.75. The van der Waals surface area contributed by atoms with Gasteiger partial charge in [0.05, 0.1) is 22.6 Å². The number of hydrogen-bond acceptors (Lipinski definition) is 3. The number of para-hydroxylation sites is 2. The maximum atomic E-state index is 11.8. The summed E-state index contributed by atoms with van der Waals surface area (Å²) in [6, 6.07) is 7.55. The number of hydrogen-bond donors (Lipinski definition) is 3. The number of nitrogens with one attached hydrogen (secondary N) is 2. The van der Waals surface area contributed by atoms with Crippen molar-refractivity contribution in [1.29, 1.82) is 0 Å². The maximum Gasteiger partial charge on any atom is 0.240 e. The Bertz CT molecular complexity index is 535. The van der Waals surface area contributed by atoms with Gasteiger partial charge in [-0.2, -0.15) is 0 Å². The van der Waals surface area contributed by atoms with Crippen LogP contribution in [0.25, 0.3) is 11.0 Å². The van der Waals surface area contributed by atoms with Crippen LogP contribution in [0.5, 0.6) is 0 Å². The van der Waals surface area contributed by atoms with Gasteiger partial charge in [0.25, 0.3) is 0 Å². The van der Waals surface area contributed by atoms with Crippen LogP contribution in [0.15, 0.2) is 24.3 Å². The maximum absolute atomic E-state index is 11.8. The summed E-state index contributed by atoms with van der Waals surface area (Å²) in [6.45, 7) is 5.22. The number of fused-ring (bicyclic) bond motifs is 1. The molecule has 2 rings (SSSR count). The van der Waals surface area contributed by atoms with Crippen LogP contribution in [0.1, 0.15) is 32.6 Å². The van der Waals surface area contributed by atoms with Crippen LogP contribution in [0.4, 0.5) is 0 Å². The highest BCUT2D eigenvalue weighted by Gasteiger charge is 2.24. The van der Waals surface area contributed by atoms with Gasteiger partial charge in [0.1, 0.15) is 5.82 Å². The van der Waals surface area contributed by atoms with Crippen LogP contribution in [-0.2, 0) is 4.79 Å². The first-order valence-electron chi connectivity index (χ1n) is 5.92. The van der Waals surface area contributed by atoms with Crippen molar-refractivity contribution in [1.82, 2.24) is 15.3 Å². The highest BCUT2D eigenvalue weighted by molar-refractivity contribution is 5.85. The van der Waals surface area contributed by atoms with Crippen molar-refractivity contribution in [3.63, 3.8) is 0 Å². The SMILES string of the molecule is CC(NC(=O)C(C)(C)N)c1nc2ccccc2[nH]1. The smallest absolute Gasteiger partial charge is 0.240 e. The number of rotatable bonds is 3. The van der Waals surface area contributed by atoms with Crippen LogP contribution in [-0.4, -0.2) is 21.4 Å². The topological polar surface area (TPSA) is 83.8 Å². The molecule has 0 spiro atoms. The number of carbonyl (C=O) groups excluding carboxylic acids is 1. The van der Waals surface area contributed by atoms with E-state index in [4.69, 9.17) is 5.73 Å². The summed E-state index contributed by atoms with van der Waals surface area (Å²) in [5.74, 6) is 0.532. The van der Waals surface area contributed by atoms with E-state index in [-0.39, 0.29) is 11.9 Å². The molecule has 0 fully saturated rings. The Morgan fingerprint density at radius 3 is 2.72 bits per heavy atom. The standard InChI is InChI=1S/C13H18N4O/c1-8(15-12(18)13(2,3)14)11-16-9-6-4-5-7-10(9)17-11/h4-8H,14H2,1-3H3,(H,15,18)(H,16,17). The summed E-state index contributed by atoms with van der Waals surface area (Å²) >= 11 is 0. The predicted octanol–water partition coefficient (Wildman–Crippen LogP) is 1.48. The van der Waals surface area contributed by atoms with Crippen LogP contribution in [0, 0.1) is 0 Å². The zero-order valence-corrected chi connectivity index (χ0v) is 10.8. The number of aromatic amines is 1. The van der Waals surface area contributed by atoms with Crippen LogP contribution in [0.2, 0.25) is 0 Å². The minimum Gasteiger partial charge on any atom is -0.345 e. The lowest BCUT2D eigenvalue weighted by Gasteiger charge is -2.20. The van der Waals surface area contributed by atoms with E-state index in [9.17, 15) is 4.79 Å². The Hall–Kier alpha value is -1.88. The molecule has 1 atom stereocenters. The molecule has 18 heavy (non-hydrogen) atoms. The minimum atomic E-state index is -0.889. The number of H-pyrrole nitrogens is 1. The molecule has 1 aromatic carbocycles. The van der Waals surface area contributed by atoms with Crippen molar-refractivity contribution in [2.24, 2.45) is 5.73 Å². The summed E-state index contributed by atoms with van der Waals surface area (Å²) in [5.41, 5.74) is 6.70. The summed E-state index contributed by atoms with van der Waals surface area (Å²) in [4.78, 5) is 19.4. The normalized spacial score (nSPS) is 13.6. The molecule has 2 aromatic rings. The summed E-state index contributed by atoms with van der Waals surface area (Å²) in [6.07, 6.45) is 0. The minimum absolute atomic E-state index is 0.199. The third-order valence-electron chi connectivity index (χ3n) is 2.75. The third kappa shape index (κ3) is 2.51. The molecule has 0 saturated carbocycles. The van der Waals surface area contributed by atoms with Gasteiger partial charge in [-0.1, -0.05) is 12.1 Å². The van der Waals surface area contributed by atoms with Gasteiger partial charge in [-0.25, -0.2) is 4.98 Å². The molecule has 5 heteroatoms. The largest absolute Gasteiger partial charge is 0.345 e. The fraction of sp³-hybridized carbons (Fsp3) is 0.385. The molecule has 0 bridgehead atoms. The molecule has 96 valence electrons. The van der Waals surface area contributed by atoms with E-state index in [1.807, 2.05) is 31.2 Å². The molecule has 1 amide bonds. The molecule has 0 aliphatic heterocycles. The number of carbonyl (C=O) groups is 1. The predicted molar refractivity (Wildman–Crippen MR) is 70.9 cm³/mol. The van der Waals surface area contributed by atoms with E-state index in [1.165, 1.54) is 0 Å². The molecule has 5 nitrogen and oxygen atoms in total. The van der Waals surface area contributed by atoms with E-state index < -0.39 is 5.54 Å². The highest BCUT2D eigenvalue weighted by atomic mass is 16.2. The van der Waals surface area contributed by atoms with Gasteiger partial charge >= 0.3 is 0 Å². The lowest BCUT2D eigenvalue weighted by molar-refractivity contribution is -0.125. The van der Waals surface area contributed by atoms with Crippen LogP contribution < -0.4 is 11.1 Å². The average Bonchev–Trinajstić information content (AvgIpc) is 2.71. The summed E-state index contributed by atoms with van der Waals surface area (Å²) in [7, 11) is 0. The Labute approximate surface area is 106 Å². The number of imidazole rings is 1. The molecule has 4 N–H and O–H groups in total. The Balaban J connectivity index is 2.18. The first-order valence-corrected chi connectivity index (χ1v) is 5.92. The number of aromatic nitrogens is 2. The van der Waals surface area contributed by atoms with Gasteiger partial charge in [-0.15, -0.1) is 0 Å². The van der Waals surface area contributed by atoms with Crippen molar-refractivity contribution >= 4 is 16.9 Å². The van der Waals surface area contributed by atoms with Crippen molar-refractivity contribution < 1.29 is 4.79 Å². The first-order chi connectivity index (χ1) is 8.38. The molecule has 1 aromatic heterocycles. The van der Waals surface area contributed by atoms with E-state index in [2.05, 4.69) is 15.3 Å². The number of benzene rings is 1. The molecule has 0 aliphatic carbocycles. The second-order valence-corrected chi connectivity index (χ2v) is 5.06. The zero-order chi connectivity index (χ0) is 13.3. The monoisotopic (exact) mass is 246 g/mol. The van der Waals surface area contributed by atoms with Crippen LogP contribution >= 0.6 is 0 Å². The molecular weight excluding hydrogens is 228 g/mol. The lowest BCUT2D eigenvalue weighted by Crippen LogP contribution is -2.49. The Kier molecular flexibility index (Phi) is 3.09. The first kappa shape index (κ1) is 12.6. The summed E-state index contributed by atoms with van der Waals surface area (Å²) in [5, 5.41) is 2.84. The molecule has 0 aliphatic rings. The molecule has 1 heterocycles. The van der Waals surface area contributed by atoms with Gasteiger partial charge in [0.15, 0.2) is 0 Å². The Morgan fingerprint density at radius 1 is 1.44 bits per heavy atom. The average molecular weight is 246 g/mol. The number of nitrogens with two attached hydrogens (primary N) is 1. The van der Waals surface area contributed by atoms with Crippen molar-refractivity contribution in [2.45, 2.75) is 32.4 Å². The van der Waals surface area contributed by atoms with Crippen molar-refractivity contribution in [3.8, 4) is 0 Å². The Morgan fingerprint density at radius 2 is 2.11 bits per heavy atom. The van der Waals surface area contributed by atoms with Crippen molar-refractivity contribution in [3.05, 3.63) is 30.1 Å². The van der Waals surface area contributed by atoms with Gasteiger partial charge < -0.3 is 16.0 Å². The summed E-state index contributed by atoms with van der Waals surface area (Å²) < 4.78 is 0. The van der Waals surface area contributed by atoms with Gasteiger partial charge in [-0.05, 0) is 32.9 Å². The lowest BCUT2D eigenvalue weighted by atomic mass is 10.1. The van der Waals surface area contributed by atoms with E-state index in [1.54, 1.807) is 13.8 Å². The quantitative estimate of drug-likeness (QED) is 0.767. The van der Waals surface area contributed by atoms with E-state index in [0.29, 0.717) is 0 Å². The molecular formula is C13H18N4O. The van der Waals surface area contributed by atoms with Crippen molar-refractivity contribution in [2.75, 3.05) is 0 Å². The van der Waals surface area contributed by atoms with E-state index in [0.717, 1.165) is 16.9 Å². The zero-order valence-electron chi connectivity index (χ0n) is 10.8. The van der Waals surface area contributed by atoms with Gasteiger partial charge in [-0.3, -0.25) is 4.79 Å². The fourth-order valence-corrected chi connectivity index (χ4v) is 1.63. The number of amides is 1. The molecule has 0 radical (unpaired) electrons.